The van der Waals surface area contributed by atoms with Crippen LogP contribution in [0, 0.1) is 6.92 Å². The number of hydrogen-bond acceptors (Lipinski definition) is 6. The normalized spacial score (nSPS) is 14.3. The maximum Gasteiger partial charge on any atom is 0.409 e. The third-order valence-corrected chi connectivity index (χ3v) is 4.67. The fourth-order valence-electron chi connectivity index (χ4n) is 2.76. The lowest BCUT2D eigenvalue weighted by Gasteiger charge is -2.34. The van der Waals surface area contributed by atoms with Gasteiger partial charge in [-0.1, -0.05) is 17.7 Å². The van der Waals surface area contributed by atoms with E-state index in [1.807, 2.05) is 38.1 Å². The molecule has 8 heteroatoms. The summed E-state index contributed by atoms with van der Waals surface area (Å²) in [6.45, 7) is 6.67. The van der Waals surface area contributed by atoms with Crippen molar-refractivity contribution in [2.75, 3.05) is 43.0 Å². The first-order chi connectivity index (χ1) is 12.6. The molecule has 7 nitrogen and oxygen atoms in total. The van der Waals surface area contributed by atoms with E-state index in [4.69, 9.17) is 16.3 Å². The highest BCUT2D eigenvalue weighted by atomic mass is 35.5. The minimum absolute atomic E-state index is 0.264. The van der Waals surface area contributed by atoms with Crippen LogP contribution in [-0.4, -0.2) is 53.7 Å². The van der Waals surface area contributed by atoms with E-state index in [0.717, 1.165) is 11.3 Å². The number of aromatic nitrogens is 2. The lowest BCUT2D eigenvalue weighted by atomic mass is 10.2. The molecule has 2 heterocycles. The summed E-state index contributed by atoms with van der Waals surface area (Å²) < 4.78 is 5.05. The number of ether oxygens (including phenoxy) is 1. The number of carbonyl (C=O) groups is 1. The first-order valence-electron chi connectivity index (χ1n) is 8.60. The Labute approximate surface area is 157 Å². The SMILES string of the molecule is CCOC(=O)N1CCN(c2nccc(Nc3cccc(Cl)c3C)n2)CC1. The first kappa shape index (κ1) is 18.3. The lowest BCUT2D eigenvalue weighted by Crippen LogP contribution is -2.49. The molecule has 0 atom stereocenters. The van der Waals surface area contributed by atoms with Crippen LogP contribution in [0.5, 0.6) is 0 Å². The number of halogens is 1. The maximum atomic E-state index is 11.8. The second-order valence-electron chi connectivity index (χ2n) is 5.95. The molecule has 0 bridgehead atoms. The number of anilines is 3. The molecule has 26 heavy (non-hydrogen) atoms. The van der Waals surface area contributed by atoms with E-state index in [2.05, 4.69) is 20.2 Å². The largest absolute Gasteiger partial charge is 0.450 e. The van der Waals surface area contributed by atoms with Gasteiger partial charge in [-0.3, -0.25) is 0 Å². The predicted octanol–water partition coefficient (Wildman–Crippen LogP) is 3.46. The van der Waals surface area contributed by atoms with Crippen LogP contribution in [0.2, 0.25) is 5.02 Å². The molecule has 1 amide bonds. The molecular weight excluding hydrogens is 354 g/mol. The second-order valence-corrected chi connectivity index (χ2v) is 6.36. The van der Waals surface area contributed by atoms with E-state index in [1.54, 1.807) is 11.1 Å². The molecule has 1 fully saturated rings. The number of benzene rings is 1. The number of amides is 1. The Kier molecular flexibility index (Phi) is 5.78. The molecule has 1 aliphatic rings. The van der Waals surface area contributed by atoms with Crippen molar-refractivity contribution in [3.8, 4) is 0 Å². The van der Waals surface area contributed by atoms with Crippen molar-refractivity contribution in [3.05, 3.63) is 41.0 Å². The zero-order valence-electron chi connectivity index (χ0n) is 14.9. The molecule has 2 aromatic rings. The van der Waals surface area contributed by atoms with Gasteiger partial charge in [0.15, 0.2) is 0 Å². The van der Waals surface area contributed by atoms with Gasteiger partial charge in [-0.05, 0) is 37.6 Å². The summed E-state index contributed by atoms with van der Waals surface area (Å²) in [5.41, 5.74) is 1.88. The van der Waals surface area contributed by atoms with Gasteiger partial charge in [0.2, 0.25) is 5.95 Å². The number of nitrogens with one attached hydrogen (secondary N) is 1. The van der Waals surface area contributed by atoms with Crippen LogP contribution in [0.25, 0.3) is 0 Å². The van der Waals surface area contributed by atoms with Crippen molar-refractivity contribution < 1.29 is 9.53 Å². The average Bonchev–Trinajstić information content (AvgIpc) is 2.66. The summed E-state index contributed by atoms with van der Waals surface area (Å²) in [5.74, 6) is 1.34. The quantitative estimate of drug-likeness (QED) is 0.882. The molecule has 0 saturated carbocycles. The molecule has 1 saturated heterocycles. The number of carbonyl (C=O) groups excluding carboxylic acids is 1. The number of hydrogen-bond donors (Lipinski definition) is 1. The second kappa shape index (κ2) is 8.23. The molecule has 0 aliphatic carbocycles. The number of rotatable bonds is 4. The Bertz CT molecular complexity index is 778. The monoisotopic (exact) mass is 375 g/mol. The summed E-state index contributed by atoms with van der Waals surface area (Å²) in [7, 11) is 0. The van der Waals surface area contributed by atoms with E-state index < -0.39 is 0 Å². The molecule has 1 aromatic heterocycles. The van der Waals surface area contributed by atoms with Crippen LogP contribution in [-0.2, 0) is 4.74 Å². The summed E-state index contributed by atoms with van der Waals surface area (Å²) in [5, 5.41) is 4.00. The van der Waals surface area contributed by atoms with Crippen LogP contribution >= 0.6 is 11.6 Å². The van der Waals surface area contributed by atoms with Crippen molar-refractivity contribution in [1.82, 2.24) is 14.9 Å². The van der Waals surface area contributed by atoms with E-state index in [9.17, 15) is 4.79 Å². The lowest BCUT2D eigenvalue weighted by molar-refractivity contribution is 0.105. The molecule has 138 valence electrons. The fraction of sp³-hybridized carbons (Fsp3) is 0.389. The minimum atomic E-state index is -0.264. The topological polar surface area (TPSA) is 70.6 Å². The molecule has 1 aromatic carbocycles. The highest BCUT2D eigenvalue weighted by Crippen LogP contribution is 2.26. The van der Waals surface area contributed by atoms with Gasteiger partial charge in [0.1, 0.15) is 5.82 Å². The summed E-state index contributed by atoms with van der Waals surface area (Å²) >= 11 is 6.17. The van der Waals surface area contributed by atoms with Gasteiger partial charge in [0, 0.05) is 43.1 Å². The van der Waals surface area contributed by atoms with Gasteiger partial charge in [-0.2, -0.15) is 4.98 Å². The van der Waals surface area contributed by atoms with E-state index in [1.165, 1.54) is 0 Å². The minimum Gasteiger partial charge on any atom is -0.450 e. The van der Waals surface area contributed by atoms with Gasteiger partial charge < -0.3 is 19.9 Å². The van der Waals surface area contributed by atoms with Crippen LogP contribution in [0.15, 0.2) is 30.5 Å². The highest BCUT2D eigenvalue weighted by molar-refractivity contribution is 6.31. The zero-order chi connectivity index (χ0) is 18.5. The molecule has 1 aliphatic heterocycles. The fourth-order valence-corrected chi connectivity index (χ4v) is 2.93. The third-order valence-electron chi connectivity index (χ3n) is 4.26. The number of nitrogens with zero attached hydrogens (tertiary/aromatic N) is 4. The molecule has 0 radical (unpaired) electrons. The molecule has 0 unspecified atom stereocenters. The van der Waals surface area contributed by atoms with E-state index in [-0.39, 0.29) is 6.09 Å². The molecule has 0 spiro atoms. The van der Waals surface area contributed by atoms with Crippen LogP contribution in [0.3, 0.4) is 0 Å². The van der Waals surface area contributed by atoms with Crippen LogP contribution in [0.4, 0.5) is 22.2 Å². The molecular formula is C18H22ClN5O2. The first-order valence-corrected chi connectivity index (χ1v) is 8.98. The Morgan fingerprint density at radius 3 is 2.77 bits per heavy atom. The van der Waals surface area contributed by atoms with Gasteiger partial charge >= 0.3 is 6.09 Å². The Balaban J connectivity index is 1.67. The molecule has 1 N–H and O–H groups in total. The Morgan fingerprint density at radius 2 is 2.04 bits per heavy atom. The summed E-state index contributed by atoms with van der Waals surface area (Å²) in [6.07, 6.45) is 1.46. The molecule has 3 rings (SSSR count). The standard InChI is InChI=1S/C18H22ClN5O2/c1-3-26-18(25)24-11-9-23(10-12-24)17-20-8-7-16(22-17)21-15-6-4-5-14(19)13(15)2/h4-8H,3,9-12H2,1-2H3,(H,20,21,22). The smallest absolute Gasteiger partial charge is 0.409 e. The van der Waals surface area contributed by atoms with Crippen LogP contribution in [0.1, 0.15) is 12.5 Å². The number of piperazine rings is 1. The Hall–Kier alpha value is -2.54. The highest BCUT2D eigenvalue weighted by Gasteiger charge is 2.23. The van der Waals surface area contributed by atoms with Crippen molar-refractivity contribution in [2.45, 2.75) is 13.8 Å². The average molecular weight is 376 g/mol. The third kappa shape index (κ3) is 4.16. The van der Waals surface area contributed by atoms with Crippen molar-refractivity contribution in [3.63, 3.8) is 0 Å². The van der Waals surface area contributed by atoms with Gasteiger partial charge in [-0.15, -0.1) is 0 Å². The van der Waals surface area contributed by atoms with Gasteiger partial charge in [0.25, 0.3) is 0 Å². The van der Waals surface area contributed by atoms with E-state index in [0.29, 0.717) is 49.6 Å². The van der Waals surface area contributed by atoms with Crippen molar-refractivity contribution in [1.29, 1.82) is 0 Å². The summed E-state index contributed by atoms with van der Waals surface area (Å²) in [4.78, 5) is 24.5. The van der Waals surface area contributed by atoms with Gasteiger partial charge in [-0.25, -0.2) is 9.78 Å². The van der Waals surface area contributed by atoms with E-state index >= 15 is 0 Å². The Morgan fingerprint density at radius 1 is 1.27 bits per heavy atom. The van der Waals surface area contributed by atoms with Gasteiger partial charge in [0.05, 0.1) is 6.61 Å². The zero-order valence-corrected chi connectivity index (χ0v) is 15.7. The predicted molar refractivity (Wildman–Crippen MR) is 102 cm³/mol. The van der Waals surface area contributed by atoms with Crippen molar-refractivity contribution in [2.24, 2.45) is 0 Å². The maximum absolute atomic E-state index is 11.8. The van der Waals surface area contributed by atoms with Crippen molar-refractivity contribution >= 4 is 35.1 Å². The summed E-state index contributed by atoms with van der Waals surface area (Å²) in [6, 6.07) is 7.53. The van der Waals surface area contributed by atoms with Crippen LogP contribution < -0.4 is 10.2 Å².